The zero-order valence-corrected chi connectivity index (χ0v) is 13.0. The Balaban J connectivity index is 1.41. The van der Waals surface area contributed by atoms with Gasteiger partial charge in [-0.05, 0) is 23.8 Å². The highest BCUT2D eigenvalue weighted by Crippen LogP contribution is 2.23. The fourth-order valence-corrected chi connectivity index (χ4v) is 2.92. The third-order valence-electron chi connectivity index (χ3n) is 4.15. The lowest BCUT2D eigenvalue weighted by atomic mass is 10.2. The van der Waals surface area contributed by atoms with E-state index in [9.17, 15) is 8.78 Å². The molecule has 1 aromatic carbocycles. The number of rotatable bonds is 3. The third-order valence-corrected chi connectivity index (χ3v) is 4.15. The Morgan fingerprint density at radius 2 is 1.83 bits per heavy atom. The minimum atomic E-state index is -0.335. The van der Waals surface area contributed by atoms with Crippen LogP contribution in [0.4, 0.5) is 14.8 Å². The number of hydrogen-bond donors (Lipinski definition) is 0. The maximum atomic E-state index is 13.2. The maximum absolute atomic E-state index is 13.2. The van der Waals surface area contributed by atoms with Gasteiger partial charge in [-0.25, -0.2) is 8.78 Å². The molecule has 124 valence electrons. The van der Waals surface area contributed by atoms with Gasteiger partial charge in [-0.2, -0.15) is 4.98 Å². The standard InChI is InChI=1S/C17H16F2N4O/c18-13-1-2-15-16(8-13)24-17(21-15)23-5-3-22(4-6-23)11-12-7-14(19)10-20-9-12/h1-2,7-10H,3-6,11H2. The van der Waals surface area contributed by atoms with E-state index in [-0.39, 0.29) is 11.6 Å². The number of anilines is 1. The van der Waals surface area contributed by atoms with Crippen LogP contribution in [0.15, 0.2) is 41.1 Å². The van der Waals surface area contributed by atoms with Crippen LogP contribution >= 0.6 is 0 Å². The monoisotopic (exact) mass is 330 g/mol. The number of benzene rings is 1. The number of fused-ring (bicyclic) bond motifs is 1. The summed E-state index contributed by atoms with van der Waals surface area (Å²) in [6.07, 6.45) is 2.89. The molecule has 4 rings (SSSR count). The largest absolute Gasteiger partial charge is 0.423 e. The summed E-state index contributed by atoms with van der Waals surface area (Å²) in [5, 5.41) is 0. The molecule has 3 heterocycles. The number of piperazine rings is 1. The van der Waals surface area contributed by atoms with Gasteiger partial charge < -0.3 is 9.32 Å². The third kappa shape index (κ3) is 3.07. The number of oxazole rings is 1. The van der Waals surface area contributed by atoms with E-state index in [1.807, 2.05) is 4.90 Å². The second kappa shape index (κ2) is 6.16. The Kier molecular flexibility index (Phi) is 3.86. The number of pyridine rings is 1. The number of aromatic nitrogens is 2. The summed E-state index contributed by atoms with van der Waals surface area (Å²) in [6.45, 7) is 3.78. The van der Waals surface area contributed by atoms with Gasteiger partial charge in [-0.3, -0.25) is 9.88 Å². The molecule has 0 bridgehead atoms. The van der Waals surface area contributed by atoms with E-state index in [1.54, 1.807) is 12.3 Å². The number of nitrogens with zero attached hydrogens (tertiary/aromatic N) is 4. The predicted molar refractivity (Wildman–Crippen MR) is 85.7 cm³/mol. The van der Waals surface area contributed by atoms with Crippen LogP contribution in [-0.4, -0.2) is 41.0 Å². The summed E-state index contributed by atoms with van der Waals surface area (Å²) in [6, 6.07) is 6.36. The predicted octanol–water partition coefficient (Wildman–Crippen LogP) is 2.82. The average Bonchev–Trinajstić information content (AvgIpc) is 2.98. The topological polar surface area (TPSA) is 45.4 Å². The van der Waals surface area contributed by atoms with Gasteiger partial charge in [0.2, 0.25) is 0 Å². The summed E-state index contributed by atoms with van der Waals surface area (Å²) in [4.78, 5) is 12.6. The SMILES string of the molecule is Fc1cncc(CN2CCN(c3nc4ccc(F)cc4o3)CC2)c1. The molecule has 2 aromatic heterocycles. The van der Waals surface area contributed by atoms with Gasteiger partial charge in [-0.15, -0.1) is 0 Å². The smallest absolute Gasteiger partial charge is 0.298 e. The van der Waals surface area contributed by atoms with Crippen LogP contribution in [0, 0.1) is 11.6 Å². The first-order valence-corrected chi connectivity index (χ1v) is 7.80. The quantitative estimate of drug-likeness (QED) is 0.739. The van der Waals surface area contributed by atoms with Crippen LogP contribution < -0.4 is 4.90 Å². The van der Waals surface area contributed by atoms with Crippen molar-refractivity contribution in [1.29, 1.82) is 0 Å². The van der Waals surface area contributed by atoms with Crippen molar-refractivity contribution in [2.45, 2.75) is 6.54 Å². The highest BCUT2D eigenvalue weighted by atomic mass is 19.1. The molecule has 0 saturated carbocycles. The minimum absolute atomic E-state index is 0.315. The molecule has 0 unspecified atom stereocenters. The van der Waals surface area contributed by atoms with Crippen LogP contribution in [0.1, 0.15) is 5.56 Å². The molecule has 0 spiro atoms. The number of halogens is 2. The van der Waals surface area contributed by atoms with E-state index >= 15 is 0 Å². The van der Waals surface area contributed by atoms with Crippen LogP contribution in [-0.2, 0) is 6.54 Å². The Hall–Kier alpha value is -2.54. The lowest BCUT2D eigenvalue weighted by molar-refractivity contribution is 0.245. The summed E-state index contributed by atoms with van der Waals surface area (Å²) in [5.74, 6) is -0.649. The van der Waals surface area contributed by atoms with E-state index in [0.29, 0.717) is 23.7 Å². The van der Waals surface area contributed by atoms with Crippen LogP contribution in [0.5, 0.6) is 0 Å². The van der Waals surface area contributed by atoms with E-state index in [0.717, 1.165) is 31.7 Å². The summed E-state index contributed by atoms with van der Waals surface area (Å²) in [7, 11) is 0. The van der Waals surface area contributed by atoms with Crippen molar-refractivity contribution in [2.24, 2.45) is 0 Å². The number of hydrogen-bond acceptors (Lipinski definition) is 5. The molecule has 0 amide bonds. The minimum Gasteiger partial charge on any atom is -0.423 e. The van der Waals surface area contributed by atoms with Gasteiger partial charge >= 0.3 is 0 Å². The highest BCUT2D eigenvalue weighted by molar-refractivity contribution is 5.74. The molecular formula is C17H16F2N4O. The summed E-state index contributed by atoms with van der Waals surface area (Å²) in [5.41, 5.74) is 1.97. The van der Waals surface area contributed by atoms with Crippen molar-refractivity contribution in [3.8, 4) is 0 Å². The molecule has 24 heavy (non-hydrogen) atoms. The molecule has 0 N–H and O–H groups in total. The van der Waals surface area contributed by atoms with Crippen molar-refractivity contribution in [1.82, 2.24) is 14.9 Å². The van der Waals surface area contributed by atoms with Crippen LogP contribution in [0.25, 0.3) is 11.1 Å². The van der Waals surface area contributed by atoms with Gasteiger partial charge in [-0.1, -0.05) is 0 Å². The Morgan fingerprint density at radius 1 is 1.00 bits per heavy atom. The fraction of sp³-hybridized carbons (Fsp3) is 0.294. The molecule has 1 fully saturated rings. The first-order valence-electron chi connectivity index (χ1n) is 7.80. The van der Waals surface area contributed by atoms with Gasteiger partial charge in [0.1, 0.15) is 17.2 Å². The van der Waals surface area contributed by atoms with Gasteiger partial charge in [0.25, 0.3) is 6.01 Å². The normalized spacial score (nSPS) is 16.0. The summed E-state index contributed by atoms with van der Waals surface area (Å²) >= 11 is 0. The zero-order valence-electron chi connectivity index (χ0n) is 13.0. The van der Waals surface area contributed by atoms with Crippen molar-refractivity contribution in [2.75, 3.05) is 31.1 Å². The zero-order chi connectivity index (χ0) is 16.5. The molecule has 0 atom stereocenters. The molecule has 5 nitrogen and oxygen atoms in total. The van der Waals surface area contributed by atoms with E-state index in [1.165, 1.54) is 24.4 Å². The lowest BCUT2D eigenvalue weighted by Crippen LogP contribution is -2.46. The highest BCUT2D eigenvalue weighted by Gasteiger charge is 2.21. The van der Waals surface area contributed by atoms with Gasteiger partial charge in [0.15, 0.2) is 5.58 Å². The van der Waals surface area contributed by atoms with Crippen molar-refractivity contribution < 1.29 is 13.2 Å². The molecule has 0 radical (unpaired) electrons. The first kappa shape index (κ1) is 15.0. The summed E-state index contributed by atoms with van der Waals surface area (Å²) < 4.78 is 32.1. The van der Waals surface area contributed by atoms with Crippen LogP contribution in [0.2, 0.25) is 0 Å². The molecular weight excluding hydrogens is 314 g/mol. The average molecular weight is 330 g/mol. The van der Waals surface area contributed by atoms with Crippen molar-refractivity contribution in [3.63, 3.8) is 0 Å². The Morgan fingerprint density at radius 3 is 2.62 bits per heavy atom. The van der Waals surface area contributed by atoms with E-state index in [4.69, 9.17) is 4.42 Å². The lowest BCUT2D eigenvalue weighted by Gasteiger charge is -2.33. The van der Waals surface area contributed by atoms with Crippen LogP contribution in [0.3, 0.4) is 0 Å². The molecule has 7 heteroatoms. The maximum Gasteiger partial charge on any atom is 0.298 e. The fourth-order valence-electron chi connectivity index (χ4n) is 2.92. The molecule has 0 aliphatic carbocycles. The first-order chi connectivity index (χ1) is 11.7. The Bertz CT molecular complexity index is 859. The van der Waals surface area contributed by atoms with E-state index in [2.05, 4.69) is 14.9 Å². The molecule has 1 saturated heterocycles. The Labute approximate surface area is 137 Å². The van der Waals surface area contributed by atoms with Crippen molar-refractivity contribution in [3.05, 3.63) is 53.9 Å². The molecule has 3 aromatic rings. The van der Waals surface area contributed by atoms with Crippen molar-refractivity contribution >= 4 is 17.1 Å². The second-order valence-electron chi connectivity index (χ2n) is 5.88. The molecule has 1 aliphatic heterocycles. The van der Waals surface area contributed by atoms with Gasteiger partial charge in [0, 0.05) is 45.0 Å². The second-order valence-corrected chi connectivity index (χ2v) is 5.88. The van der Waals surface area contributed by atoms with E-state index < -0.39 is 0 Å². The van der Waals surface area contributed by atoms with Gasteiger partial charge in [0.05, 0.1) is 6.20 Å². The molecule has 1 aliphatic rings.